The van der Waals surface area contributed by atoms with E-state index in [1.165, 1.54) is 0 Å². The number of nitrogens with one attached hydrogen (secondary N) is 1. The lowest BCUT2D eigenvalue weighted by Gasteiger charge is -2.25. The molecule has 8 heteroatoms. The van der Waals surface area contributed by atoms with Crippen LogP contribution in [0.25, 0.3) is 11.1 Å². The Morgan fingerprint density at radius 1 is 0.895 bits per heavy atom. The summed E-state index contributed by atoms with van der Waals surface area (Å²) in [5.74, 6) is -0.570. The minimum absolute atomic E-state index is 0.0134. The number of ether oxygens (including phenoxy) is 1. The highest BCUT2D eigenvalue weighted by molar-refractivity contribution is 6.01. The van der Waals surface area contributed by atoms with E-state index in [0.717, 1.165) is 16.0 Å². The van der Waals surface area contributed by atoms with Gasteiger partial charge >= 0.3 is 12.1 Å². The monoisotopic (exact) mass is 513 g/mol. The van der Waals surface area contributed by atoms with Crippen molar-refractivity contribution in [2.75, 3.05) is 6.54 Å². The molecule has 4 aromatic rings. The third-order valence-electron chi connectivity index (χ3n) is 5.90. The van der Waals surface area contributed by atoms with Crippen LogP contribution in [0.3, 0.4) is 0 Å². The number of para-hydroxylation sites is 2. The molecule has 0 saturated heterocycles. The van der Waals surface area contributed by atoms with Crippen LogP contribution in [-0.2, 0) is 17.8 Å². The molecule has 1 aromatic heterocycles. The maximum atomic E-state index is 13.5. The van der Waals surface area contributed by atoms with Crippen molar-refractivity contribution in [1.82, 2.24) is 15.2 Å². The number of ketones is 1. The molecule has 196 valence electrons. The first kappa shape index (κ1) is 26.6. The predicted molar refractivity (Wildman–Crippen MR) is 144 cm³/mol. The third kappa shape index (κ3) is 7.06. The summed E-state index contributed by atoms with van der Waals surface area (Å²) in [6.45, 7) is 3.94. The Kier molecular flexibility index (Phi) is 8.87. The standard InChI is InChI=1S/C30H31N3O5/c1-21(2)19-33(30(36)37-20-23-13-7-4-8-14-23)29(35)32-25(18-17-22-11-5-3-6-12-22)27(34)28-31-24-15-9-10-16-26(24)38-28/h3-16,21,25H,17-20H2,1-2H3,(H,32,35)/t25-/m0/s1. The van der Waals surface area contributed by atoms with Gasteiger partial charge in [0.2, 0.25) is 5.78 Å². The molecular formula is C30H31N3O5. The number of rotatable bonds is 10. The predicted octanol–water partition coefficient (Wildman–Crippen LogP) is 6.02. The highest BCUT2D eigenvalue weighted by Crippen LogP contribution is 2.18. The van der Waals surface area contributed by atoms with Gasteiger partial charge in [0.05, 0.1) is 6.04 Å². The van der Waals surface area contributed by atoms with Crippen molar-refractivity contribution in [1.29, 1.82) is 0 Å². The Labute approximate surface area is 221 Å². The van der Waals surface area contributed by atoms with E-state index in [9.17, 15) is 14.4 Å². The van der Waals surface area contributed by atoms with E-state index in [1.54, 1.807) is 24.3 Å². The number of oxazole rings is 1. The van der Waals surface area contributed by atoms with Gasteiger partial charge in [-0.15, -0.1) is 0 Å². The number of carbonyl (C=O) groups excluding carboxylic acids is 3. The number of nitrogens with zero attached hydrogens (tertiary/aromatic N) is 2. The molecule has 4 rings (SSSR count). The number of aromatic nitrogens is 1. The summed E-state index contributed by atoms with van der Waals surface area (Å²) in [6.07, 6.45) is 0.0404. The first-order chi connectivity index (χ1) is 18.4. The molecule has 3 amide bonds. The number of hydrogen-bond donors (Lipinski definition) is 1. The van der Waals surface area contributed by atoms with Gasteiger partial charge in [-0.05, 0) is 42.0 Å². The van der Waals surface area contributed by atoms with Crippen molar-refractivity contribution in [3.05, 3.63) is 102 Å². The molecule has 0 fully saturated rings. The van der Waals surface area contributed by atoms with Gasteiger partial charge in [-0.1, -0.05) is 86.6 Å². The summed E-state index contributed by atoms with van der Waals surface area (Å²) < 4.78 is 11.1. The molecule has 3 aromatic carbocycles. The Morgan fingerprint density at radius 3 is 2.18 bits per heavy atom. The molecule has 0 spiro atoms. The van der Waals surface area contributed by atoms with Crippen LogP contribution >= 0.6 is 0 Å². The Balaban J connectivity index is 1.52. The van der Waals surface area contributed by atoms with E-state index in [2.05, 4.69) is 10.3 Å². The fourth-order valence-electron chi connectivity index (χ4n) is 3.98. The van der Waals surface area contributed by atoms with Crippen molar-refractivity contribution >= 4 is 29.0 Å². The molecule has 0 aliphatic rings. The molecule has 0 saturated carbocycles. The van der Waals surface area contributed by atoms with Gasteiger partial charge in [0.25, 0.3) is 5.89 Å². The zero-order valence-electron chi connectivity index (χ0n) is 21.5. The van der Waals surface area contributed by atoms with Crippen LogP contribution in [0, 0.1) is 5.92 Å². The van der Waals surface area contributed by atoms with Gasteiger partial charge in [0.15, 0.2) is 5.58 Å². The maximum absolute atomic E-state index is 13.5. The van der Waals surface area contributed by atoms with Gasteiger partial charge in [0.1, 0.15) is 12.1 Å². The lowest BCUT2D eigenvalue weighted by molar-refractivity contribution is 0.0874. The number of fused-ring (bicyclic) bond motifs is 1. The van der Waals surface area contributed by atoms with Gasteiger partial charge in [-0.3, -0.25) is 4.79 Å². The Morgan fingerprint density at radius 2 is 1.53 bits per heavy atom. The van der Waals surface area contributed by atoms with E-state index in [1.807, 2.05) is 74.5 Å². The van der Waals surface area contributed by atoms with E-state index < -0.39 is 23.9 Å². The fraction of sp³-hybridized carbons (Fsp3) is 0.267. The molecule has 38 heavy (non-hydrogen) atoms. The first-order valence-corrected chi connectivity index (χ1v) is 12.6. The molecule has 8 nitrogen and oxygen atoms in total. The minimum Gasteiger partial charge on any atom is -0.444 e. The summed E-state index contributed by atoms with van der Waals surface area (Å²) >= 11 is 0. The summed E-state index contributed by atoms with van der Waals surface area (Å²) in [7, 11) is 0. The van der Waals surface area contributed by atoms with Crippen molar-refractivity contribution in [3.63, 3.8) is 0 Å². The number of amides is 3. The number of Topliss-reactive ketones (excluding diaryl/α,β-unsaturated/α-hetero) is 1. The third-order valence-corrected chi connectivity index (χ3v) is 5.90. The first-order valence-electron chi connectivity index (χ1n) is 12.6. The van der Waals surface area contributed by atoms with Gasteiger partial charge in [0, 0.05) is 6.54 Å². The lowest BCUT2D eigenvalue weighted by atomic mass is 10.0. The zero-order chi connectivity index (χ0) is 26.9. The number of aryl methyl sites for hydroxylation is 1. The van der Waals surface area contributed by atoms with Crippen LogP contribution < -0.4 is 5.32 Å². The van der Waals surface area contributed by atoms with Crippen LogP contribution in [0.5, 0.6) is 0 Å². The number of imide groups is 1. The van der Waals surface area contributed by atoms with E-state index in [-0.39, 0.29) is 25.0 Å². The van der Waals surface area contributed by atoms with E-state index in [0.29, 0.717) is 23.9 Å². The quantitative estimate of drug-likeness (QED) is 0.260. The van der Waals surface area contributed by atoms with Crippen LogP contribution in [0.4, 0.5) is 9.59 Å². The highest BCUT2D eigenvalue weighted by Gasteiger charge is 2.31. The SMILES string of the molecule is CC(C)CN(C(=O)N[C@@H](CCc1ccccc1)C(=O)c1nc2ccccc2o1)C(=O)OCc1ccccc1. The highest BCUT2D eigenvalue weighted by atomic mass is 16.6. The molecule has 1 heterocycles. The van der Waals surface area contributed by atoms with Crippen molar-refractivity contribution < 1.29 is 23.5 Å². The van der Waals surface area contributed by atoms with Crippen molar-refractivity contribution in [2.24, 2.45) is 5.92 Å². The Hall–Kier alpha value is -4.46. The number of urea groups is 1. The summed E-state index contributed by atoms with van der Waals surface area (Å²) in [4.78, 5) is 45.1. The summed E-state index contributed by atoms with van der Waals surface area (Å²) in [5, 5.41) is 2.75. The second kappa shape index (κ2) is 12.7. The van der Waals surface area contributed by atoms with E-state index in [4.69, 9.17) is 9.15 Å². The minimum atomic E-state index is -0.965. The zero-order valence-corrected chi connectivity index (χ0v) is 21.5. The van der Waals surface area contributed by atoms with Crippen LogP contribution in [0.2, 0.25) is 0 Å². The largest absolute Gasteiger partial charge is 0.444 e. The van der Waals surface area contributed by atoms with Gasteiger partial charge in [-0.25, -0.2) is 19.5 Å². The molecular weight excluding hydrogens is 482 g/mol. The number of benzene rings is 3. The van der Waals surface area contributed by atoms with Gasteiger partial charge < -0.3 is 14.5 Å². The molecule has 0 bridgehead atoms. The molecule has 0 unspecified atom stereocenters. The molecule has 0 aliphatic heterocycles. The number of hydrogen-bond acceptors (Lipinski definition) is 6. The normalized spacial score (nSPS) is 11.8. The summed E-state index contributed by atoms with van der Waals surface area (Å²) in [5.41, 5.74) is 2.85. The van der Waals surface area contributed by atoms with Crippen LogP contribution in [0.15, 0.2) is 89.3 Å². The van der Waals surface area contributed by atoms with Crippen molar-refractivity contribution in [2.45, 2.75) is 39.3 Å². The van der Waals surface area contributed by atoms with Gasteiger partial charge in [-0.2, -0.15) is 0 Å². The summed E-state index contributed by atoms with van der Waals surface area (Å²) in [6, 6.07) is 24.3. The van der Waals surface area contributed by atoms with Crippen LogP contribution in [0.1, 0.15) is 42.1 Å². The molecule has 0 radical (unpaired) electrons. The molecule has 1 atom stereocenters. The molecule has 1 N–H and O–H groups in total. The topological polar surface area (TPSA) is 102 Å². The van der Waals surface area contributed by atoms with E-state index >= 15 is 0 Å². The molecule has 0 aliphatic carbocycles. The smallest absolute Gasteiger partial charge is 0.418 e. The average Bonchev–Trinajstić information content (AvgIpc) is 3.37. The maximum Gasteiger partial charge on any atom is 0.418 e. The Bertz CT molecular complexity index is 1340. The second-order valence-electron chi connectivity index (χ2n) is 9.42. The number of carbonyl (C=O) groups is 3. The lowest BCUT2D eigenvalue weighted by Crippen LogP contribution is -2.51. The van der Waals surface area contributed by atoms with Crippen molar-refractivity contribution in [3.8, 4) is 0 Å². The fourth-order valence-corrected chi connectivity index (χ4v) is 3.98. The van der Waals surface area contributed by atoms with Crippen LogP contribution in [-0.4, -0.2) is 40.4 Å². The average molecular weight is 514 g/mol. The second-order valence-corrected chi connectivity index (χ2v) is 9.42.